The van der Waals surface area contributed by atoms with Gasteiger partial charge in [0, 0.05) is 24.2 Å². The number of rotatable bonds is 5. The van der Waals surface area contributed by atoms with E-state index in [-0.39, 0.29) is 17.9 Å². The third kappa shape index (κ3) is 3.82. The summed E-state index contributed by atoms with van der Waals surface area (Å²) in [5.41, 5.74) is 7.09. The Morgan fingerprint density at radius 3 is 2.71 bits per heavy atom. The fraction of sp³-hybridized carbons (Fsp3) is 0.647. The largest absolute Gasteiger partial charge is 0.326 e. The molecule has 0 spiro atoms. The second-order valence-corrected chi connectivity index (χ2v) is 6.29. The third-order valence-electron chi connectivity index (χ3n) is 4.65. The number of hydrogen-bond acceptors (Lipinski definition) is 3. The first-order valence-electron chi connectivity index (χ1n) is 7.95. The van der Waals surface area contributed by atoms with Crippen molar-refractivity contribution in [3.05, 3.63) is 35.6 Å². The minimum Gasteiger partial charge on any atom is -0.326 e. The van der Waals surface area contributed by atoms with Crippen LogP contribution in [0.4, 0.5) is 4.39 Å². The number of likely N-dealkylation sites (tertiary alicyclic amines) is 1. The standard InChI is InChI=1S/C17H28FN3/c1-4-16(19)17(14-9-5-6-10-15(14)18)21-11-7-8-13(12-21)20(2)3/h5-6,9-10,13,16-17H,4,7-8,11-12,19H2,1-3H3. The average molecular weight is 293 g/mol. The number of nitrogens with zero attached hydrogens (tertiary/aromatic N) is 2. The second-order valence-electron chi connectivity index (χ2n) is 6.29. The van der Waals surface area contributed by atoms with Gasteiger partial charge in [-0.3, -0.25) is 4.90 Å². The van der Waals surface area contributed by atoms with Gasteiger partial charge >= 0.3 is 0 Å². The maximum Gasteiger partial charge on any atom is 0.128 e. The minimum absolute atomic E-state index is 0.0288. The summed E-state index contributed by atoms with van der Waals surface area (Å²) in [7, 11) is 4.23. The zero-order valence-corrected chi connectivity index (χ0v) is 13.4. The molecular weight excluding hydrogens is 265 g/mol. The maximum absolute atomic E-state index is 14.3. The molecule has 0 amide bonds. The first-order valence-corrected chi connectivity index (χ1v) is 7.95. The summed E-state index contributed by atoms with van der Waals surface area (Å²) in [5, 5.41) is 0. The van der Waals surface area contributed by atoms with Gasteiger partial charge in [-0.05, 0) is 46.0 Å². The van der Waals surface area contributed by atoms with Crippen LogP contribution < -0.4 is 5.73 Å². The van der Waals surface area contributed by atoms with E-state index in [4.69, 9.17) is 5.73 Å². The van der Waals surface area contributed by atoms with E-state index in [9.17, 15) is 4.39 Å². The van der Waals surface area contributed by atoms with Gasteiger partial charge in [0.1, 0.15) is 5.82 Å². The topological polar surface area (TPSA) is 32.5 Å². The summed E-state index contributed by atoms with van der Waals surface area (Å²) in [4.78, 5) is 4.64. The van der Waals surface area contributed by atoms with Gasteiger partial charge in [-0.2, -0.15) is 0 Å². The Bertz CT molecular complexity index is 449. The number of piperidine rings is 1. The molecule has 1 saturated heterocycles. The zero-order valence-electron chi connectivity index (χ0n) is 13.4. The Labute approximate surface area is 127 Å². The van der Waals surface area contributed by atoms with Gasteiger partial charge in [-0.25, -0.2) is 4.39 Å². The van der Waals surface area contributed by atoms with Crippen LogP contribution in [-0.4, -0.2) is 49.1 Å². The predicted molar refractivity (Wildman–Crippen MR) is 85.7 cm³/mol. The SMILES string of the molecule is CCC(N)C(c1ccccc1F)N1CCCC(N(C)C)C1. The fourth-order valence-electron chi connectivity index (χ4n) is 3.29. The van der Waals surface area contributed by atoms with Crippen molar-refractivity contribution >= 4 is 0 Å². The number of hydrogen-bond donors (Lipinski definition) is 1. The van der Waals surface area contributed by atoms with Crippen molar-refractivity contribution in [2.45, 2.75) is 44.3 Å². The van der Waals surface area contributed by atoms with Gasteiger partial charge < -0.3 is 10.6 Å². The number of halogens is 1. The van der Waals surface area contributed by atoms with Gasteiger partial charge in [0.2, 0.25) is 0 Å². The molecule has 1 fully saturated rings. The van der Waals surface area contributed by atoms with Crippen LogP contribution in [0.15, 0.2) is 24.3 Å². The molecule has 3 nitrogen and oxygen atoms in total. The quantitative estimate of drug-likeness (QED) is 0.906. The van der Waals surface area contributed by atoms with E-state index in [1.54, 1.807) is 6.07 Å². The summed E-state index contributed by atoms with van der Waals surface area (Å²) in [6.45, 7) is 4.03. The highest BCUT2D eigenvalue weighted by molar-refractivity contribution is 5.23. The Kier molecular flexibility index (Phi) is 5.73. The molecule has 0 aromatic heterocycles. The number of likely N-dealkylation sites (N-methyl/N-ethyl adjacent to an activating group) is 1. The lowest BCUT2D eigenvalue weighted by atomic mass is 9.92. The molecule has 118 valence electrons. The van der Waals surface area contributed by atoms with Crippen LogP contribution in [-0.2, 0) is 0 Å². The Balaban J connectivity index is 2.26. The molecular formula is C17H28FN3. The number of nitrogens with two attached hydrogens (primary N) is 1. The highest BCUT2D eigenvalue weighted by atomic mass is 19.1. The van der Waals surface area contributed by atoms with Crippen LogP contribution in [0.25, 0.3) is 0 Å². The van der Waals surface area contributed by atoms with Gasteiger partial charge in [-0.15, -0.1) is 0 Å². The molecule has 2 N–H and O–H groups in total. The highest BCUT2D eigenvalue weighted by Crippen LogP contribution is 2.30. The molecule has 2 rings (SSSR count). The molecule has 0 saturated carbocycles. The van der Waals surface area contributed by atoms with E-state index in [1.165, 1.54) is 12.5 Å². The molecule has 1 heterocycles. The van der Waals surface area contributed by atoms with E-state index in [2.05, 4.69) is 30.8 Å². The summed E-state index contributed by atoms with van der Waals surface area (Å²) in [6, 6.07) is 7.53. The van der Waals surface area contributed by atoms with Crippen molar-refractivity contribution in [3.63, 3.8) is 0 Å². The number of benzene rings is 1. The van der Waals surface area contributed by atoms with Gasteiger partial charge in [-0.1, -0.05) is 25.1 Å². The van der Waals surface area contributed by atoms with Crippen molar-refractivity contribution in [1.82, 2.24) is 9.80 Å². The van der Waals surface area contributed by atoms with E-state index >= 15 is 0 Å². The maximum atomic E-state index is 14.3. The highest BCUT2D eigenvalue weighted by Gasteiger charge is 2.32. The van der Waals surface area contributed by atoms with Crippen molar-refractivity contribution in [2.75, 3.05) is 27.2 Å². The van der Waals surface area contributed by atoms with Gasteiger partial charge in [0.25, 0.3) is 0 Å². The molecule has 1 aromatic rings. The lowest BCUT2D eigenvalue weighted by molar-refractivity contribution is 0.0816. The smallest absolute Gasteiger partial charge is 0.128 e. The molecule has 4 heteroatoms. The summed E-state index contributed by atoms with van der Waals surface area (Å²) < 4.78 is 14.3. The predicted octanol–water partition coefficient (Wildman–Crippen LogP) is 2.63. The molecule has 3 unspecified atom stereocenters. The van der Waals surface area contributed by atoms with Gasteiger partial charge in [0.05, 0.1) is 6.04 Å². The molecule has 1 aliphatic heterocycles. The monoisotopic (exact) mass is 293 g/mol. The molecule has 0 radical (unpaired) electrons. The van der Waals surface area contributed by atoms with E-state index < -0.39 is 0 Å². The van der Waals surface area contributed by atoms with E-state index in [0.717, 1.165) is 31.5 Å². The van der Waals surface area contributed by atoms with Crippen molar-refractivity contribution in [3.8, 4) is 0 Å². The molecule has 21 heavy (non-hydrogen) atoms. The molecule has 3 atom stereocenters. The fourth-order valence-corrected chi connectivity index (χ4v) is 3.29. The minimum atomic E-state index is -0.140. The van der Waals surface area contributed by atoms with Gasteiger partial charge in [0.15, 0.2) is 0 Å². The van der Waals surface area contributed by atoms with Crippen molar-refractivity contribution in [2.24, 2.45) is 5.73 Å². The molecule has 0 bridgehead atoms. The molecule has 0 aliphatic carbocycles. The summed E-state index contributed by atoms with van der Waals surface area (Å²) in [6.07, 6.45) is 3.20. The normalized spacial score (nSPS) is 23.2. The van der Waals surface area contributed by atoms with E-state index in [0.29, 0.717) is 6.04 Å². The van der Waals surface area contributed by atoms with Crippen LogP contribution in [0, 0.1) is 5.82 Å². The lowest BCUT2D eigenvalue weighted by Crippen LogP contribution is -2.50. The summed E-state index contributed by atoms with van der Waals surface area (Å²) in [5.74, 6) is -0.140. The Morgan fingerprint density at radius 2 is 2.10 bits per heavy atom. The van der Waals surface area contributed by atoms with Crippen LogP contribution in [0.2, 0.25) is 0 Å². The second kappa shape index (κ2) is 7.34. The van der Waals surface area contributed by atoms with E-state index in [1.807, 2.05) is 12.1 Å². The first kappa shape index (κ1) is 16.4. The summed E-state index contributed by atoms with van der Waals surface area (Å²) >= 11 is 0. The van der Waals surface area contributed by atoms with Crippen molar-refractivity contribution in [1.29, 1.82) is 0 Å². The Hall–Kier alpha value is -0.970. The first-order chi connectivity index (χ1) is 10.0. The molecule has 1 aromatic carbocycles. The van der Waals surface area contributed by atoms with Crippen LogP contribution in [0.1, 0.15) is 37.8 Å². The Morgan fingerprint density at radius 1 is 1.38 bits per heavy atom. The zero-order chi connectivity index (χ0) is 15.4. The van der Waals surface area contributed by atoms with Crippen molar-refractivity contribution < 1.29 is 4.39 Å². The van der Waals surface area contributed by atoms with Crippen LogP contribution >= 0.6 is 0 Å². The molecule has 1 aliphatic rings. The van der Waals surface area contributed by atoms with Crippen LogP contribution in [0.3, 0.4) is 0 Å². The average Bonchev–Trinajstić information content (AvgIpc) is 2.49. The third-order valence-corrected chi connectivity index (χ3v) is 4.65. The van der Waals surface area contributed by atoms with Crippen LogP contribution in [0.5, 0.6) is 0 Å². The lowest BCUT2D eigenvalue weighted by Gasteiger charge is -2.42.